The Hall–Kier alpha value is -1.63. The molecule has 6 nitrogen and oxygen atoms in total. The van der Waals surface area contributed by atoms with Crippen LogP contribution in [0.5, 0.6) is 0 Å². The van der Waals surface area contributed by atoms with Crippen molar-refractivity contribution in [3.8, 4) is 0 Å². The van der Waals surface area contributed by atoms with Crippen LogP contribution in [-0.4, -0.2) is 47.4 Å². The minimum Gasteiger partial charge on any atom is -0.439 e. The molecule has 1 aliphatic rings. The van der Waals surface area contributed by atoms with Crippen molar-refractivity contribution in [1.29, 1.82) is 0 Å². The molecule has 19 heavy (non-hydrogen) atoms. The Morgan fingerprint density at radius 2 is 2.37 bits per heavy atom. The highest BCUT2D eigenvalue weighted by Crippen LogP contribution is 2.20. The van der Waals surface area contributed by atoms with E-state index in [4.69, 9.17) is 14.9 Å². The second-order valence-corrected chi connectivity index (χ2v) is 4.72. The molecule has 3 rings (SSSR count). The van der Waals surface area contributed by atoms with Gasteiger partial charge in [-0.25, -0.2) is 4.98 Å². The zero-order valence-corrected chi connectivity index (χ0v) is 10.6. The van der Waals surface area contributed by atoms with Crippen molar-refractivity contribution in [2.45, 2.75) is 12.6 Å². The summed E-state index contributed by atoms with van der Waals surface area (Å²) in [6.45, 7) is 2.63. The Kier molecular flexibility index (Phi) is 3.37. The number of anilines is 1. The van der Waals surface area contributed by atoms with Crippen LogP contribution in [0.25, 0.3) is 11.1 Å². The van der Waals surface area contributed by atoms with Gasteiger partial charge in [-0.2, -0.15) is 0 Å². The number of nitrogens with zero attached hydrogens (tertiary/aromatic N) is 2. The summed E-state index contributed by atoms with van der Waals surface area (Å²) in [6.07, 6.45) is 0. The van der Waals surface area contributed by atoms with Crippen LogP contribution in [0.15, 0.2) is 22.6 Å². The van der Waals surface area contributed by atoms with Gasteiger partial charge in [-0.3, -0.25) is 4.90 Å². The highest BCUT2D eigenvalue weighted by molar-refractivity contribution is 5.76. The van der Waals surface area contributed by atoms with Gasteiger partial charge < -0.3 is 20.0 Å². The number of aliphatic hydroxyl groups is 1. The molecule has 1 unspecified atom stereocenters. The molecule has 3 N–H and O–H groups in total. The van der Waals surface area contributed by atoms with E-state index in [1.54, 1.807) is 12.1 Å². The van der Waals surface area contributed by atoms with Gasteiger partial charge in [0.2, 0.25) is 5.89 Å². The van der Waals surface area contributed by atoms with E-state index in [9.17, 15) is 5.11 Å². The van der Waals surface area contributed by atoms with E-state index in [1.165, 1.54) is 0 Å². The maximum atomic E-state index is 9.33. The van der Waals surface area contributed by atoms with Gasteiger partial charge in [0.05, 0.1) is 32.4 Å². The van der Waals surface area contributed by atoms with E-state index in [2.05, 4.69) is 9.88 Å². The standard InChI is InChI=1S/C13H17N3O3/c14-9-1-2-11-12(5-9)19-13(15-11)6-16-3-4-18-8-10(16)7-17/h1-2,5,10,17H,3-4,6-8,14H2. The van der Waals surface area contributed by atoms with Gasteiger partial charge in [0, 0.05) is 18.3 Å². The van der Waals surface area contributed by atoms with Gasteiger partial charge in [0.25, 0.3) is 0 Å². The largest absolute Gasteiger partial charge is 0.439 e. The summed E-state index contributed by atoms with van der Waals surface area (Å²) in [5.74, 6) is 0.640. The molecule has 102 valence electrons. The maximum absolute atomic E-state index is 9.33. The van der Waals surface area contributed by atoms with Gasteiger partial charge in [0.15, 0.2) is 5.58 Å². The van der Waals surface area contributed by atoms with Gasteiger partial charge in [0.1, 0.15) is 5.52 Å². The number of aromatic nitrogens is 1. The number of ether oxygens (including phenoxy) is 1. The quantitative estimate of drug-likeness (QED) is 0.789. The Balaban J connectivity index is 1.80. The zero-order chi connectivity index (χ0) is 13.2. The van der Waals surface area contributed by atoms with E-state index in [1.807, 2.05) is 6.07 Å². The number of nitrogens with two attached hydrogens (primary N) is 1. The van der Waals surface area contributed by atoms with Crippen LogP contribution in [0, 0.1) is 0 Å². The third-order valence-electron chi connectivity index (χ3n) is 3.36. The van der Waals surface area contributed by atoms with E-state index in [-0.39, 0.29) is 12.6 Å². The zero-order valence-electron chi connectivity index (χ0n) is 10.6. The molecule has 0 amide bonds. The van der Waals surface area contributed by atoms with Crippen molar-refractivity contribution in [1.82, 2.24) is 9.88 Å². The molecular weight excluding hydrogens is 246 g/mol. The summed E-state index contributed by atoms with van der Waals surface area (Å²) < 4.78 is 11.0. The molecule has 1 aromatic heterocycles. The first-order valence-electron chi connectivity index (χ1n) is 6.34. The first-order valence-corrected chi connectivity index (χ1v) is 6.34. The molecule has 1 saturated heterocycles. The van der Waals surface area contributed by atoms with Crippen LogP contribution in [-0.2, 0) is 11.3 Å². The molecule has 0 bridgehead atoms. The molecular formula is C13H17N3O3. The van der Waals surface area contributed by atoms with Gasteiger partial charge in [-0.15, -0.1) is 0 Å². The SMILES string of the molecule is Nc1ccc2nc(CN3CCOCC3CO)oc2c1. The third-order valence-corrected chi connectivity index (χ3v) is 3.36. The summed E-state index contributed by atoms with van der Waals surface area (Å²) in [7, 11) is 0. The second kappa shape index (κ2) is 5.16. The van der Waals surface area contributed by atoms with Gasteiger partial charge >= 0.3 is 0 Å². The average Bonchev–Trinajstić information content (AvgIpc) is 2.80. The lowest BCUT2D eigenvalue weighted by Crippen LogP contribution is -2.46. The Morgan fingerprint density at radius 3 is 3.21 bits per heavy atom. The fourth-order valence-corrected chi connectivity index (χ4v) is 2.30. The van der Waals surface area contributed by atoms with Gasteiger partial charge in [-0.05, 0) is 12.1 Å². The summed E-state index contributed by atoms with van der Waals surface area (Å²) in [6, 6.07) is 5.43. The van der Waals surface area contributed by atoms with E-state index in [0.717, 1.165) is 12.1 Å². The first-order chi connectivity index (χ1) is 9.26. The van der Waals surface area contributed by atoms with Crippen molar-refractivity contribution >= 4 is 16.8 Å². The summed E-state index contributed by atoms with van der Waals surface area (Å²) >= 11 is 0. The Bertz CT molecular complexity index is 569. The molecule has 2 heterocycles. The molecule has 1 fully saturated rings. The predicted molar refractivity (Wildman–Crippen MR) is 70.5 cm³/mol. The lowest BCUT2D eigenvalue weighted by atomic mass is 10.2. The maximum Gasteiger partial charge on any atom is 0.209 e. The number of benzene rings is 1. The van der Waals surface area contributed by atoms with Crippen LogP contribution < -0.4 is 5.73 Å². The number of aliphatic hydroxyl groups excluding tert-OH is 1. The monoisotopic (exact) mass is 263 g/mol. The number of fused-ring (bicyclic) bond motifs is 1. The average molecular weight is 263 g/mol. The number of morpholine rings is 1. The Labute approximate surface area is 110 Å². The van der Waals surface area contributed by atoms with E-state index >= 15 is 0 Å². The van der Waals surface area contributed by atoms with Crippen LogP contribution >= 0.6 is 0 Å². The molecule has 0 spiro atoms. The van der Waals surface area contributed by atoms with Crippen molar-refractivity contribution in [2.75, 3.05) is 32.1 Å². The lowest BCUT2D eigenvalue weighted by molar-refractivity contribution is -0.0341. The minimum atomic E-state index is 0.00818. The van der Waals surface area contributed by atoms with Crippen molar-refractivity contribution in [3.05, 3.63) is 24.1 Å². The topological polar surface area (TPSA) is 84.8 Å². The van der Waals surface area contributed by atoms with Crippen LogP contribution in [0.2, 0.25) is 0 Å². The van der Waals surface area contributed by atoms with Crippen molar-refractivity contribution < 1.29 is 14.3 Å². The predicted octanol–water partition coefficient (Wildman–Crippen LogP) is 0.603. The molecule has 0 saturated carbocycles. The number of hydrogen-bond donors (Lipinski definition) is 2. The molecule has 1 aliphatic heterocycles. The summed E-state index contributed by atoms with van der Waals surface area (Å²) in [4.78, 5) is 6.55. The fourth-order valence-electron chi connectivity index (χ4n) is 2.30. The molecule has 0 aliphatic carbocycles. The third kappa shape index (κ3) is 2.56. The van der Waals surface area contributed by atoms with Gasteiger partial charge in [-0.1, -0.05) is 0 Å². The van der Waals surface area contributed by atoms with E-state index in [0.29, 0.717) is 36.9 Å². The molecule has 1 aromatic carbocycles. The van der Waals surface area contributed by atoms with Crippen molar-refractivity contribution in [3.63, 3.8) is 0 Å². The molecule has 0 radical (unpaired) electrons. The molecule has 1 atom stereocenters. The van der Waals surface area contributed by atoms with E-state index < -0.39 is 0 Å². The van der Waals surface area contributed by atoms with Crippen LogP contribution in [0.4, 0.5) is 5.69 Å². The fraction of sp³-hybridized carbons (Fsp3) is 0.462. The highest BCUT2D eigenvalue weighted by atomic mass is 16.5. The number of rotatable bonds is 3. The number of oxazole rings is 1. The van der Waals surface area contributed by atoms with Crippen molar-refractivity contribution in [2.24, 2.45) is 0 Å². The van der Waals surface area contributed by atoms with Crippen LogP contribution in [0.3, 0.4) is 0 Å². The first kappa shape index (κ1) is 12.4. The number of nitrogen functional groups attached to an aromatic ring is 1. The summed E-state index contributed by atoms with van der Waals surface area (Å²) in [5, 5.41) is 9.33. The number of hydrogen-bond acceptors (Lipinski definition) is 6. The normalized spacial score (nSPS) is 21.0. The summed E-state index contributed by atoms with van der Waals surface area (Å²) in [5.41, 5.74) is 7.88. The van der Waals surface area contributed by atoms with Crippen LogP contribution in [0.1, 0.15) is 5.89 Å². The molecule has 2 aromatic rings. The Morgan fingerprint density at radius 1 is 1.47 bits per heavy atom. The smallest absolute Gasteiger partial charge is 0.209 e. The second-order valence-electron chi connectivity index (χ2n) is 4.72. The minimum absolute atomic E-state index is 0.00818. The lowest BCUT2D eigenvalue weighted by Gasteiger charge is -2.33. The highest BCUT2D eigenvalue weighted by Gasteiger charge is 2.23. The molecule has 6 heteroatoms.